The van der Waals surface area contributed by atoms with Crippen molar-refractivity contribution in [3.63, 3.8) is 0 Å². The molecule has 0 aromatic heterocycles. The molecule has 1 unspecified atom stereocenters. The van der Waals surface area contributed by atoms with Crippen LogP contribution in [0.5, 0.6) is 5.75 Å². The SMILES string of the molecule is CC(NC(=O)CCCN1C(=O)NC2(CCCC2)C1=O)c1cccc(O)c1. The van der Waals surface area contributed by atoms with Crippen LogP contribution in [0.1, 0.15) is 57.1 Å². The van der Waals surface area contributed by atoms with Crippen molar-refractivity contribution >= 4 is 17.8 Å². The Kier molecular flexibility index (Phi) is 5.15. The fraction of sp³-hybridized carbons (Fsp3) is 0.526. The lowest BCUT2D eigenvalue weighted by molar-refractivity contribution is -0.131. The van der Waals surface area contributed by atoms with Gasteiger partial charge in [0, 0.05) is 13.0 Å². The van der Waals surface area contributed by atoms with E-state index in [4.69, 9.17) is 0 Å². The molecule has 26 heavy (non-hydrogen) atoms. The Labute approximate surface area is 152 Å². The topological polar surface area (TPSA) is 98.7 Å². The molecule has 4 amide bonds. The van der Waals surface area contributed by atoms with Gasteiger partial charge in [-0.3, -0.25) is 14.5 Å². The molecule has 140 valence electrons. The number of nitrogens with zero attached hydrogens (tertiary/aromatic N) is 1. The molecule has 7 heteroatoms. The summed E-state index contributed by atoms with van der Waals surface area (Å²) >= 11 is 0. The number of phenolic OH excluding ortho intramolecular Hbond substituents is 1. The van der Waals surface area contributed by atoms with E-state index in [0.717, 1.165) is 18.4 Å². The minimum absolute atomic E-state index is 0.145. The standard InChI is InChI=1S/C19H25N3O4/c1-13(14-6-4-7-15(23)12-14)20-16(24)8-5-11-22-17(25)19(21-18(22)26)9-2-3-10-19/h4,6-7,12-13,23H,2-3,5,8-11H2,1H3,(H,20,24)(H,21,26). The summed E-state index contributed by atoms with van der Waals surface area (Å²) in [5.74, 6) is -0.139. The molecular weight excluding hydrogens is 334 g/mol. The van der Waals surface area contributed by atoms with E-state index in [2.05, 4.69) is 10.6 Å². The van der Waals surface area contributed by atoms with Gasteiger partial charge in [0.25, 0.3) is 5.91 Å². The molecule has 0 bridgehead atoms. The van der Waals surface area contributed by atoms with Crippen molar-refractivity contribution in [1.82, 2.24) is 15.5 Å². The summed E-state index contributed by atoms with van der Waals surface area (Å²) in [6.07, 6.45) is 3.97. The van der Waals surface area contributed by atoms with Crippen molar-refractivity contribution in [3.8, 4) is 5.75 Å². The number of rotatable bonds is 6. The molecule has 1 aliphatic heterocycles. The van der Waals surface area contributed by atoms with Gasteiger partial charge in [-0.1, -0.05) is 25.0 Å². The van der Waals surface area contributed by atoms with Gasteiger partial charge in [0.05, 0.1) is 6.04 Å². The molecule has 3 N–H and O–H groups in total. The monoisotopic (exact) mass is 359 g/mol. The van der Waals surface area contributed by atoms with Crippen molar-refractivity contribution in [2.45, 2.75) is 57.0 Å². The van der Waals surface area contributed by atoms with Crippen LogP contribution in [0, 0.1) is 0 Å². The average molecular weight is 359 g/mol. The van der Waals surface area contributed by atoms with Crippen molar-refractivity contribution in [2.24, 2.45) is 0 Å². The third-order valence-electron chi connectivity index (χ3n) is 5.24. The molecule has 1 aromatic carbocycles. The summed E-state index contributed by atoms with van der Waals surface area (Å²) in [6.45, 7) is 2.09. The van der Waals surface area contributed by atoms with Crippen molar-refractivity contribution < 1.29 is 19.5 Å². The third kappa shape index (κ3) is 3.66. The van der Waals surface area contributed by atoms with E-state index in [1.165, 1.54) is 4.90 Å². The van der Waals surface area contributed by atoms with E-state index in [-0.39, 0.29) is 42.6 Å². The molecule has 2 aliphatic rings. The number of hydrogen-bond donors (Lipinski definition) is 3. The third-order valence-corrected chi connectivity index (χ3v) is 5.24. The molecule has 7 nitrogen and oxygen atoms in total. The number of carbonyl (C=O) groups is 3. The highest BCUT2D eigenvalue weighted by Gasteiger charge is 2.51. The van der Waals surface area contributed by atoms with Crippen LogP contribution in [-0.4, -0.2) is 39.9 Å². The van der Waals surface area contributed by atoms with E-state index in [9.17, 15) is 19.5 Å². The lowest BCUT2D eigenvalue weighted by Gasteiger charge is -2.20. The number of urea groups is 1. The van der Waals surface area contributed by atoms with Crippen LogP contribution in [0.3, 0.4) is 0 Å². The number of aromatic hydroxyl groups is 1. The van der Waals surface area contributed by atoms with Gasteiger partial charge in [0.1, 0.15) is 11.3 Å². The largest absolute Gasteiger partial charge is 0.508 e. The average Bonchev–Trinajstić information content (AvgIpc) is 3.15. The molecular formula is C19H25N3O4. The number of imide groups is 1. The van der Waals surface area contributed by atoms with Gasteiger partial charge in [0.15, 0.2) is 0 Å². The molecule has 1 aliphatic carbocycles. The van der Waals surface area contributed by atoms with Gasteiger partial charge < -0.3 is 15.7 Å². The summed E-state index contributed by atoms with van der Waals surface area (Å²) in [5.41, 5.74) is 0.124. The van der Waals surface area contributed by atoms with Gasteiger partial charge >= 0.3 is 6.03 Å². The van der Waals surface area contributed by atoms with Crippen LogP contribution in [0.2, 0.25) is 0 Å². The Bertz CT molecular complexity index is 712. The number of carbonyl (C=O) groups excluding carboxylic acids is 3. The Hall–Kier alpha value is -2.57. The predicted octanol–water partition coefficient (Wildman–Crippen LogP) is 2.21. The van der Waals surface area contributed by atoms with Crippen molar-refractivity contribution in [2.75, 3.05) is 6.54 Å². The molecule has 1 atom stereocenters. The van der Waals surface area contributed by atoms with Gasteiger partial charge in [-0.25, -0.2) is 4.79 Å². The number of nitrogens with one attached hydrogen (secondary N) is 2. The molecule has 1 saturated heterocycles. The lowest BCUT2D eigenvalue weighted by Crippen LogP contribution is -2.44. The first kappa shape index (κ1) is 18.2. The zero-order chi connectivity index (χ0) is 18.7. The first-order chi connectivity index (χ1) is 12.4. The maximum absolute atomic E-state index is 12.5. The number of benzene rings is 1. The van der Waals surface area contributed by atoms with Crippen LogP contribution in [-0.2, 0) is 9.59 Å². The summed E-state index contributed by atoms with van der Waals surface area (Å²) in [4.78, 5) is 38.0. The second-order valence-electron chi connectivity index (χ2n) is 7.16. The lowest BCUT2D eigenvalue weighted by atomic mass is 9.98. The number of hydrogen-bond acceptors (Lipinski definition) is 4. The first-order valence-corrected chi connectivity index (χ1v) is 9.14. The fourth-order valence-corrected chi connectivity index (χ4v) is 3.79. The van der Waals surface area contributed by atoms with Gasteiger partial charge in [0.2, 0.25) is 5.91 Å². The Morgan fingerprint density at radius 1 is 1.35 bits per heavy atom. The molecule has 1 spiro atoms. The van der Waals surface area contributed by atoms with Crippen LogP contribution in [0.25, 0.3) is 0 Å². The van der Waals surface area contributed by atoms with E-state index < -0.39 is 5.54 Å². The highest BCUT2D eigenvalue weighted by atomic mass is 16.3. The van der Waals surface area contributed by atoms with Crippen LogP contribution >= 0.6 is 0 Å². The van der Waals surface area contributed by atoms with Crippen molar-refractivity contribution in [1.29, 1.82) is 0 Å². The smallest absolute Gasteiger partial charge is 0.325 e. The summed E-state index contributed by atoms with van der Waals surface area (Å²) in [5, 5.41) is 15.2. The molecule has 1 aromatic rings. The highest BCUT2D eigenvalue weighted by Crippen LogP contribution is 2.35. The second kappa shape index (κ2) is 7.35. The normalized spacial score (nSPS) is 19.7. The highest BCUT2D eigenvalue weighted by molar-refractivity contribution is 6.07. The van der Waals surface area contributed by atoms with E-state index >= 15 is 0 Å². The maximum Gasteiger partial charge on any atom is 0.325 e. The van der Waals surface area contributed by atoms with Crippen LogP contribution in [0.15, 0.2) is 24.3 Å². The van der Waals surface area contributed by atoms with E-state index in [0.29, 0.717) is 19.3 Å². The minimum Gasteiger partial charge on any atom is -0.508 e. The van der Waals surface area contributed by atoms with E-state index in [1.807, 2.05) is 13.0 Å². The first-order valence-electron chi connectivity index (χ1n) is 9.14. The Morgan fingerprint density at radius 3 is 2.77 bits per heavy atom. The Balaban J connectivity index is 1.46. The molecule has 3 rings (SSSR count). The van der Waals surface area contributed by atoms with Gasteiger partial charge in [-0.2, -0.15) is 0 Å². The van der Waals surface area contributed by atoms with E-state index in [1.54, 1.807) is 18.2 Å². The zero-order valence-corrected chi connectivity index (χ0v) is 15.0. The number of phenols is 1. The second-order valence-corrected chi connectivity index (χ2v) is 7.16. The fourth-order valence-electron chi connectivity index (χ4n) is 3.79. The maximum atomic E-state index is 12.5. The zero-order valence-electron chi connectivity index (χ0n) is 15.0. The molecule has 0 radical (unpaired) electrons. The summed E-state index contributed by atoms with van der Waals surface area (Å²) in [6, 6.07) is 6.17. The molecule has 1 saturated carbocycles. The van der Waals surface area contributed by atoms with Crippen LogP contribution in [0.4, 0.5) is 4.79 Å². The quantitative estimate of drug-likeness (QED) is 0.678. The molecule has 2 fully saturated rings. The Morgan fingerprint density at radius 2 is 2.08 bits per heavy atom. The summed E-state index contributed by atoms with van der Waals surface area (Å²) < 4.78 is 0. The summed E-state index contributed by atoms with van der Waals surface area (Å²) in [7, 11) is 0. The van der Waals surface area contributed by atoms with Gasteiger partial charge in [-0.15, -0.1) is 0 Å². The number of amides is 4. The van der Waals surface area contributed by atoms with Crippen molar-refractivity contribution in [3.05, 3.63) is 29.8 Å². The van der Waals surface area contributed by atoms with Gasteiger partial charge in [-0.05, 0) is 43.9 Å². The predicted molar refractivity (Wildman–Crippen MR) is 95.3 cm³/mol. The van der Waals surface area contributed by atoms with Crippen LogP contribution < -0.4 is 10.6 Å². The molecule has 1 heterocycles. The minimum atomic E-state index is -0.691.